The van der Waals surface area contributed by atoms with Crippen LogP contribution in [0.3, 0.4) is 0 Å². The molecule has 0 aliphatic carbocycles. The van der Waals surface area contributed by atoms with Crippen molar-refractivity contribution in [2.24, 2.45) is 5.92 Å². The topological polar surface area (TPSA) is 62.7 Å². The summed E-state index contributed by atoms with van der Waals surface area (Å²) in [5.41, 5.74) is 0.787. The standard InChI is InChI=1S/C20H24N2O3/c23-18(17-6-2-1-3-7-17)14-20(24)22-12-9-16(10-13-22)15-25-19-8-4-5-11-21-19/h1-8,11,16,18,23H,9-10,12-15H2. The summed E-state index contributed by atoms with van der Waals surface area (Å²) in [6, 6.07) is 15.0. The summed E-state index contributed by atoms with van der Waals surface area (Å²) >= 11 is 0. The van der Waals surface area contributed by atoms with E-state index in [1.165, 1.54) is 0 Å². The molecule has 2 aromatic rings. The predicted molar refractivity (Wildman–Crippen MR) is 95.1 cm³/mol. The molecule has 3 rings (SSSR count). The van der Waals surface area contributed by atoms with E-state index < -0.39 is 6.10 Å². The third-order valence-electron chi connectivity index (χ3n) is 4.62. The Labute approximate surface area is 148 Å². The molecule has 2 heterocycles. The number of carbonyl (C=O) groups is 1. The minimum absolute atomic E-state index is 0.0143. The van der Waals surface area contributed by atoms with E-state index in [1.54, 1.807) is 6.20 Å². The summed E-state index contributed by atoms with van der Waals surface area (Å²) in [4.78, 5) is 18.4. The molecule has 0 bridgehead atoms. The minimum atomic E-state index is -0.737. The first-order valence-electron chi connectivity index (χ1n) is 8.77. The molecule has 1 aromatic carbocycles. The van der Waals surface area contributed by atoms with Gasteiger partial charge in [0.25, 0.3) is 0 Å². The molecule has 1 aliphatic heterocycles. The van der Waals surface area contributed by atoms with Crippen molar-refractivity contribution >= 4 is 5.91 Å². The summed E-state index contributed by atoms with van der Waals surface area (Å²) in [5.74, 6) is 1.09. The second-order valence-corrected chi connectivity index (χ2v) is 6.43. The van der Waals surface area contributed by atoms with Crippen LogP contribution < -0.4 is 4.74 Å². The van der Waals surface area contributed by atoms with Gasteiger partial charge in [0.2, 0.25) is 11.8 Å². The number of carbonyl (C=O) groups excluding carboxylic acids is 1. The average molecular weight is 340 g/mol. The van der Waals surface area contributed by atoms with Gasteiger partial charge in [0.1, 0.15) is 0 Å². The third-order valence-corrected chi connectivity index (χ3v) is 4.62. The first-order valence-corrected chi connectivity index (χ1v) is 8.77. The van der Waals surface area contributed by atoms with Crippen LogP contribution in [-0.2, 0) is 4.79 Å². The highest BCUT2D eigenvalue weighted by molar-refractivity contribution is 5.77. The number of rotatable bonds is 6. The molecular formula is C20H24N2O3. The Morgan fingerprint density at radius 3 is 2.56 bits per heavy atom. The van der Waals surface area contributed by atoms with Crippen LogP contribution in [0.5, 0.6) is 5.88 Å². The number of aliphatic hydroxyl groups is 1. The zero-order chi connectivity index (χ0) is 17.5. The molecule has 0 spiro atoms. The van der Waals surface area contributed by atoms with Gasteiger partial charge in [0.15, 0.2) is 0 Å². The highest BCUT2D eigenvalue weighted by Crippen LogP contribution is 2.22. The van der Waals surface area contributed by atoms with Crippen molar-refractivity contribution in [3.8, 4) is 5.88 Å². The number of piperidine rings is 1. The van der Waals surface area contributed by atoms with Crippen molar-refractivity contribution in [2.45, 2.75) is 25.4 Å². The van der Waals surface area contributed by atoms with E-state index >= 15 is 0 Å². The minimum Gasteiger partial charge on any atom is -0.477 e. The maximum atomic E-state index is 12.4. The molecule has 5 heteroatoms. The van der Waals surface area contributed by atoms with Crippen molar-refractivity contribution in [1.82, 2.24) is 9.88 Å². The number of hydrogen-bond donors (Lipinski definition) is 1. The maximum Gasteiger partial charge on any atom is 0.225 e. The largest absolute Gasteiger partial charge is 0.477 e. The number of nitrogens with zero attached hydrogens (tertiary/aromatic N) is 2. The molecular weight excluding hydrogens is 316 g/mol. The van der Waals surface area contributed by atoms with Crippen LogP contribution in [0, 0.1) is 5.92 Å². The molecule has 0 saturated carbocycles. The van der Waals surface area contributed by atoms with Gasteiger partial charge in [-0.2, -0.15) is 0 Å². The second kappa shape index (κ2) is 8.62. The van der Waals surface area contributed by atoms with Crippen LogP contribution in [0.15, 0.2) is 54.7 Å². The number of amides is 1. The van der Waals surface area contributed by atoms with E-state index in [4.69, 9.17) is 4.74 Å². The lowest BCUT2D eigenvalue weighted by Crippen LogP contribution is -2.40. The molecule has 1 atom stereocenters. The lowest BCUT2D eigenvalue weighted by atomic mass is 9.97. The molecule has 1 fully saturated rings. The van der Waals surface area contributed by atoms with Crippen LogP contribution in [0.25, 0.3) is 0 Å². The van der Waals surface area contributed by atoms with Crippen LogP contribution in [0.4, 0.5) is 0 Å². The Morgan fingerprint density at radius 2 is 1.88 bits per heavy atom. The number of aliphatic hydroxyl groups excluding tert-OH is 1. The molecule has 132 valence electrons. The van der Waals surface area contributed by atoms with E-state index in [2.05, 4.69) is 4.98 Å². The molecule has 25 heavy (non-hydrogen) atoms. The summed E-state index contributed by atoms with van der Waals surface area (Å²) in [5, 5.41) is 10.2. The van der Waals surface area contributed by atoms with E-state index in [0.717, 1.165) is 31.5 Å². The van der Waals surface area contributed by atoms with Crippen LogP contribution >= 0.6 is 0 Å². The summed E-state index contributed by atoms with van der Waals surface area (Å²) < 4.78 is 5.71. The highest BCUT2D eigenvalue weighted by Gasteiger charge is 2.25. The molecule has 1 aromatic heterocycles. The van der Waals surface area contributed by atoms with E-state index in [1.807, 2.05) is 53.4 Å². The van der Waals surface area contributed by atoms with Gasteiger partial charge in [-0.15, -0.1) is 0 Å². The number of hydrogen-bond acceptors (Lipinski definition) is 4. The van der Waals surface area contributed by atoms with Gasteiger partial charge in [0, 0.05) is 25.4 Å². The van der Waals surface area contributed by atoms with Crippen molar-refractivity contribution in [1.29, 1.82) is 0 Å². The average Bonchev–Trinajstić information content (AvgIpc) is 2.68. The zero-order valence-electron chi connectivity index (χ0n) is 14.3. The maximum absolute atomic E-state index is 12.4. The normalized spacial score (nSPS) is 16.4. The Kier molecular flexibility index (Phi) is 6.01. The Morgan fingerprint density at radius 1 is 1.16 bits per heavy atom. The Bertz CT molecular complexity index is 655. The molecule has 1 saturated heterocycles. The quantitative estimate of drug-likeness (QED) is 0.878. The predicted octanol–water partition coefficient (Wildman–Crippen LogP) is 2.82. The third kappa shape index (κ3) is 5.03. The smallest absolute Gasteiger partial charge is 0.225 e. The highest BCUT2D eigenvalue weighted by atomic mass is 16.5. The van der Waals surface area contributed by atoms with Crippen LogP contribution in [0.2, 0.25) is 0 Å². The number of benzene rings is 1. The van der Waals surface area contributed by atoms with Gasteiger partial charge in [-0.05, 0) is 30.4 Å². The number of ether oxygens (including phenoxy) is 1. The fourth-order valence-electron chi connectivity index (χ4n) is 3.07. The number of likely N-dealkylation sites (tertiary alicyclic amines) is 1. The molecule has 1 aliphatic rings. The van der Waals surface area contributed by atoms with E-state index in [-0.39, 0.29) is 12.3 Å². The summed E-state index contributed by atoms with van der Waals surface area (Å²) in [6.07, 6.45) is 2.95. The van der Waals surface area contributed by atoms with Gasteiger partial charge in [0.05, 0.1) is 19.1 Å². The number of aromatic nitrogens is 1. The molecule has 1 unspecified atom stereocenters. The lowest BCUT2D eigenvalue weighted by molar-refractivity contribution is -0.134. The zero-order valence-corrected chi connectivity index (χ0v) is 14.3. The summed E-state index contributed by atoms with van der Waals surface area (Å²) in [6.45, 7) is 2.07. The van der Waals surface area contributed by atoms with Crippen molar-refractivity contribution in [2.75, 3.05) is 19.7 Å². The van der Waals surface area contributed by atoms with Crippen LogP contribution in [0.1, 0.15) is 30.9 Å². The van der Waals surface area contributed by atoms with E-state index in [0.29, 0.717) is 18.4 Å². The fourth-order valence-corrected chi connectivity index (χ4v) is 3.07. The van der Waals surface area contributed by atoms with Gasteiger partial charge < -0.3 is 14.7 Å². The van der Waals surface area contributed by atoms with Crippen molar-refractivity contribution in [3.05, 3.63) is 60.3 Å². The number of pyridine rings is 1. The van der Waals surface area contributed by atoms with Crippen molar-refractivity contribution < 1.29 is 14.6 Å². The molecule has 1 N–H and O–H groups in total. The molecule has 0 radical (unpaired) electrons. The van der Waals surface area contributed by atoms with Gasteiger partial charge >= 0.3 is 0 Å². The van der Waals surface area contributed by atoms with Gasteiger partial charge in [-0.25, -0.2) is 4.98 Å². The van der Waals surface area contributed by atoms with Crippen LogP contribution in [-0.4, -0.2) is 40.6 Å². The fraction of sp³-hybridized carbons (Fsp3) is 0.400. The van der Waals surface area contributed by atoms with E-state index in [9.17, 15) is 9.90 Å². The van der Waals surface area contributed by atoms with Crippen molar-refractivity contribution in [3.63, 3.8) is 0 Å². The molecule has 5 nitrogen and oxygen atoms in total. The first kappa shape index (κ1) is 17.4. The Balaban J connectivity index is 1.41. The van der Waals surface area contributed by atoms with Gasteiger partial charge in [-0.3, -0.25) is 4.79 Å². The first-order chi connectivity index (χ1) is 12.2. The SMILES string of the molecule is O=C(CC(O)c1ccccc1)N1CCC(COc2ccccn2)CC1. The second-order valence-electron chi connectivity index (χ2n) is 6.43. The molecule has 1 amide bonds. The Hall–Kier alpha value is -2.40. The monoisotopic (exact) mass is 340 g/mol. The van der Waals surface area contributed by atoms with Gasteiger partial charge in [-0.1, -0.05) is 36.4 Å². The summed E-state index contributed by atoms with van der Waals surface area (Å²) in [7, 11) is 0. The lowest BCUT2D eigenvalue weighted by Gasteiger charge is -2.32.